The molecule has 2 N–H and O–H groups in total. The smallest absolute Gasteiger partial charge is 0.164 e. The standard InChI is InChI=1S/C16H14Br2N4O2/c1-9-3-11(8-24-2)12(6-19)16(21-9)22-20-7-10-4-13(17)15(23)14(18)5-10/h3-5,7,23H,8H2,1-2H3,(H,21,22). The van der Waals surface area contributed by atoms with Crippen molar-refractivity contribution in [3.63, 3.8) is 0 Å². The molecule has 0 amide bonds. The number of hydrazone groups is 1. The van der Waals surface area contributed by atoms with Crippen LogP contribution in [0.5, 0.6) is 5.75 Å². The number of rotatable bonds is 5. The molecule has 1 aromatic heterocycles. The maximum absolute atomic E-state index is 9.70. The molecule has 2 rings (SSSR count). The molecule has 0 spiro atoms. The van der Waals surface area contributed by atoms with Gasteiger partial charge in [0, 0.05) is 18.4 Å². The van der Waals surface area contributed by atoms with E-state index in [1.54, 1.807) is 25.5 Å². The van der Waals surface area contributed by atoms with Crippen LogP contribution in [0.2, 0.25) is 0 Å². The average molecular weight is 454 g/mol. The van der Waals surface area contributed by atoms with Crippen molar-refractivity contribution in [2.45, 2.75) is 13.5 Å². The minimum absolute atomic E-state index is 0.122. The van der Waals surface area contributed by atoms with Crippen molar-refractivity contribution in [3.8, 4) is 11.8 Å². The monoisotopic (exact) mass is 452 g/mol. The molecule has 0 aliphatic carbocycles. The van der Waals surface area contributed by atoms with E-state index < -0.39 is 0 Å². The van der Waals surface area contributed by atoms with Crippen LogP contribution in [0.1, 0.15) is 22.4 Å². The van der Waals surface area contributed by atoms with Gasteiger partial charge in [-0.2, -0.15) is 10.4 Å². The molecular formula is C16H14Br2N4O2. The maximum Gasteiger partial charge on any atom is 0.164 e. The number of nitrogens with one attached hydrogen (secondary N) is 1. The summed E-state index contributed by atoms with van der Waals surface area (Å²) in [6.45, 7) is 2.16. The quantitative estimate of drug-likeness (QED) is 0.525. The second-order valence-electron chi connectivity index (χ2n) is 4.89. The third-order valence-corrected chi connectivity index (χ3v) is 4.27. The number of pyridine rings is 1. The van der Waals surface area contributed by atoms with Crippen LogP contribution in [0.3, 0.4) is 0 Å². The van der Waals surface area contributed by atoms with Gasteiger partial charge in [0.1, 0.15) is 17.4 Å². The number of aromatic hydroxyl groups is 1. The molecule has 0 unspecified atom stereocenters. The molecule has 24 heavy (non-hydrogen) atoms. The summed E-state index contributed by atoms with van der Waals surface area (Å²) < 4.78 is 6.21. The van der Waals surface area contributed by atoms with Crippen LogP contribution in [0.25, 0.3) is 0 Å². The van der Waals surface area contributed by atoms with Crippen LogP contribution < -0.4 is 5.43 Å². The van der Waals surface area contributed by atoms with Crippen molar-refractivity contribution in [2.24, 2.45) is 5.10 Å². The number of aromatic nitrogens is 1. The molecule has 1 aromatic carbocycles. The van der Waals surface area contributed by atoms with Crippen LogP contribution in [0.4, 0.5) is 5.82 Å². The fourth-order valence-corrected chi connectivity index (χ4v) is 3.27. The fourth-order valence-electron chi connectivity index (χ4n) is 2.04. The second kappa shape index (κ2) is 8.24. The number of nitriles is 1. The van der Waals surface area contributed by atoms with Crippen LogP contribution >= 0.6 is 31.9 Å². The fraction of sp³-hybridized carbons (Fsp3) is 0.188. The molecule has 124 valence electrons. The lowest BCUT2D eigenvalue weighted by molar-refractivity contribution is 0.184. The van der Waals surface area contributed by atoms with E-state index in [2.05, 4.69) is 53.4 Å². The molecule has 1 heterocycles. The van der Waals surface area contributed by atoms with E-state index in [9.17, 15) is 10.4 Å². The first-order valence-electron chi connectivity index (χ1n) is 6.83. The Kier molecular flexibility index (Phi) is 6.31. The van der Waals surface area contributed by atoms with E-state index in [1.165, 1.54) is 0 Å². The number of hydrogen-bond donors (Lipinski definition) is 2. The first-order chi connectivity index (χ1) is 11.5. The summed E-state index contributed by atoms with van der Waals surface area (Å²) in [5.74, 6) is 0.495. The molecule has 0 radical (unpaired) electrons. The Hall–Kier alpha value is -1.95. The molecule has 0 aliphatic rings. The number of hydrogen-bond acceptors (Lipinski definition) is 6. The van der Waals surface area contributed by atoms with Gasteiger partial charge < -0.3 is 9.84 Å². The minimum Gasteiger partial charge on any atom is -0.506 e. The lowest BCUT2D eigenvalue weighted by Gasteiger charge is -2.09. The number of nitrogens with zero attached hydrogens (tertiary/aromatic N) is 3. The van der Waals surface area contributed by atoms with Gasteiger partial charge in [-0.05, 0) is 62.5 Å². The van der Waals surface area contributed by atoms with Crippen LogP contribution in [0.15, 0.2) is 32.2 Å². The Balaban J connectivity index is 2.27. The molecule has 0 fully saturated rings. The van der Waals surface area contributed by atoms with Gasteiger partial charge in [0.2, 0.25) is 0 Å². The highest BCUT2D eigenvalue weighted by molar-refractivity contribution is 9.11. The zero-order valence-electron chi connectivity index (χ0n) is 13.0. The molecule has 0 saturated carbocycles. The van der Waals surface area contributed by atoms with Gasteiger partial charge in [0.15, 0.2) is 5.82 Å². The zero-order valence-corrected chi connectivity index (χ0v) is 16.1. The number of methoxy groups -OCH3 is 1. The van der Waals surface area contributed by atoms with E-state index in [0.717, 1.165) is 16.8 Å². The Morgan fingerprint density at radius 1 is 1.38 bits per heavy atom. The minimum atomic E-state index is 0.122. The normalized spacial score (nSPS) is 10.8. The topological polar surface area (TPSA) is 90.5 Å². The highest BCUT2D eigenvalue weighted by Crippen LogP contribution is 2.32. The van der Waals surface area contributed by atoms with Crippen LogP contribution in [-0.4, -0.2) is 23.4 Å². The van der Waals surface area contributed by atoms with Gasteiger partial charge in [0.05, 0.1) is 21.8 Å². The van der Waals surface area contributed by atoms with E-state index in [0.29, 0.717) is 26.9 Å². The van der Waals surface area contributed by atoms with E-state index >= 15 is 0 Å². The van der Waals surface area contributed by atoms with Gasteiger partial charge in [-0.3, -0.25) is 5.43 Å². The highest BCUT2D eigenvalue weighted by atomic mass is 79.9. The number of ether oxygens (including phenoxy) is 1. The van der Waals surface area contributed by atoms with Gasteiger partial charge in [-0.1, -0.05) is 0 Å². The molecule has 8 heteroatoms. The summed E-state index contributed by atoms with van der Waals surface area (Å²) in [5.41, 5.74) is 5.45. The summed E-state index contributed by atoms with van der Waals surface area (Å²) in [7, 11) is 1.57. The predicted octanol–water partition coefficient (Wildman–Crippen LogP) is 4.08. The lowest BCUT2D eigenvalue weighted by Crippen LogP contribution is -2.03. The average Bonchev–Trinajstić information content (AvgIpc) is 2.52. The van der Waals surface area contributed by atoms with Crippen LogP contribution in [-0.2, 0) is 11.3 Å². The first-order valence-corrected chi connectivity index (χ1v) is 8.41. The highest BCUT2D eigenvalue weighted by Gasteiger charge is 2.11. The summed E-state index contributed by atoms with van der Waals surface area (Å²) in [6, 6.07) is 7.37. The maximum atomic E-state index is 9.70. The zero-order chi connectivity index (χ0) is 17.7. The molecule has 2 aromatic rings. The predicted molar refractivity (Wildman–Crippen MR) is 99.1 cm³/mol. The van der Waals surface area contributed by atoms with Gasteiger partial charge in [-0.25, -0.2) is 4.98 Å². The second-order valence-corrected chi connectivity index (χ2v) is 6.60. The Morgan fingerprint density at radius 2 is 2.04 bits per heavy atom. The number of phenols is 1. The molecule has 0 saturated heterocycles. The Morgan fingerprint density at radius 3 is 2.62 bits per heavy atom. The summed E-state index contributed by atoms with van der Waals surface area (Å²) >= 11 is 6.52. The molecule has 6 nitrogen and oxygen atoms in total. The van der Waals surface area contributed by atoms with Gasteiger partial charge >= 0.3 is 0 Å². The third-order valence-electron chi connectivity index (χ3n) is 3.06. The van der Waals surface area contributed by atoms with E-state index in [-0.39, 0.29) is 5.75 Å². The number of phenolic OH excluding ortho intramolecular Hbond substituents is 1. The van der Waals surface area contributed by atoms with Crippen molar-refractivity contribution in [1.29, 1.82) is 5.26 Å². The first kappa shape index (κ1) is 18.4. The Bertz CT molecular complexity index is 809. The van der Waals surface area contributed by atoms with E-state index in [4.69, 9.17) is 4.74 Å². The molecule has 0 atom stereocenters. The van der Waals surface area contributed by atoms with Crippen LogP contribution in [0, 0.1) is 18.3 Å². The molecular weight excluding hydrogens is 440 g/mol. The van der Waals surface area contributed by atoms with Crippen molar-refractivity contribution in [3.05, 3.63) is 49.5 Å². The molecule has 0 bridgehead atoms. The van der Waals surface area contributed by atoms with Crippen molar-refractivity contribution >= 4 is 43.9 Å². The summed E-state index contributed by atoms with van der Waals surface area (Å²) in [6.07, 6.45) is 1.57. The summed E-state index contributed by atoms with van der Waals surface area (Å²) in [4.78, 5) is 4.31. The molecule has 0 aliphatic heterocycles. The number of aryl methyl sites for hydroxylation is 1. The third kappa shape index (κ3) is 4.32. The largest absolute Gasteiger partial charge is 0.506 e. The number of anilines is 1. The van der Waals surface area contributed by atoms with Crippen molar-refractivity contribution < 1.29 is 9.84 Å². The number of benzene rings is 1. The summed E-state index contributed by atoms with van der Waals surface area (Å²) in [5, 5.41) is 23.2. The van der Waals surface area contributed by atoms with Crippen molar-refractivity contribution in [2.75, 3.05) is 12.5 Å². The Labute approximate surface area is 156 Å². The van der Waals surface area contributed by atoms with Gasteiger partial charge in [-0.15, -0.1) is 0 Å². The van der Waals surface area contributed by atoms with Gasteiger partial charge in [0.25, 0.3) is 0 Å². The number of halogens is 2. The van der Waals surface area contributed by atoms with Crippen molar-refractivity contribution in [1.82, 2.24) is 4.98 Å². The lowest BCUT2D eigenvalue weighted by atomic mass is 10.1. The SMILES string of the molecule is COCc1cc(C)nc(NN=Cc2cc(Br)c(O)c(Br)c2)c1C#N. The van der Waals surface area contributed by atoms with E-state index in [1.807, 2.05) is 13.0 Å².